The molecule has 10 heavy (non-hydrogen) atoms. The molecule has 1 saturated heterocycles. The number of primary amides is 1. The third kappa shape index (κ3) is 0.847. The summed E-state index contributed by atoms with van der Waals surface area (Å²) >= 11 is 0. The van der Waals surface area contributed by atoms with Crippen molar-refractivity contribution >= 4 is 5.91 Å². The van der Waals surface area contributed by atoms with E-state index in [4.69, 9.17) is 15.7 Å². The minimum absolute atomic E-state index is 0.246. The summed E-state index contributed by atoms with van der Waals surface area (Å²) in [6, 6.07) is 1.79. The summed E-state index contributed by atoms with van der Waals surface area (Å²) in [5.74, 6) is -0.486. The van der Waals surface area contributed by atoms with Gasteiger partial charge in [0.15, 0.2) is 0 Å². The van der Waals surface area contributed by atoms with Gasteiger partial charge in [0, 0.05) is 0 Å². The number of hydrogen-bond donors (Lipinski definition) is 1. The lowest BCUT2D eigenvalue weighted by atomic mass is 9.82. The van der Waals surface area contributed by atoms with Gasteiger partial charge in [0.2, 0.25) is 5.91 Å². The van der Waals surface area contributed by atoms with Crippen LogP contribution in [-0.4, -0.2) is 19.1 Å². The van der Waals surface area contributed by atoms with Crippen molar-refractivity contribution < 1.29 is 9.53 Å². The molecule has 1 radical (unpaired) electrons. The third-order valence-corrected chi connectivity index (χ3v) is 1.55. The predicted octanol–water partition coefficient (Wildman–Crippen LogP) is -0.784. The molecule has 1 heterocycles. The quantitative estimate of drug-likeness (QED) is 0.545. The first-order chi connectivity index (χ1) is 4.71. The van der Waals surface area contributed by atoms with Gasteiger partial charge in [0.1, 0.15) is 5.41 Å². The lowest BCUT2D eigenvalue weighted by molar-refractivity contribution is -0.150. The maximum absolute atomic E-state index is 10.7. The van der Waals surface area contributed by atoms with Gasteiger partial charge >= 0.3 is 0 Å². The number of ether oxygens (including phenoxy) is 1. The Balaban J connectivity index is 2.61. The molecule has 0 aromatic carbocycles. The molecule has 0 atom stereocenters. The lowest BCUT2D eigenvalue weighted by Gasteiger charge is -2.35. The highest BCUT2D eigenvalue weighted by molar-refractivity contribution is 5.84. The van der Waals surface area contributed by atoms with Crippen LogP contribution in [0, 0.1) is 23.2 Å². The Morgan fingerprint density at radius 2 is 2.40 bits per heavy atom. The smallest absolute Gasteiger partial charge is 0.229 e. The van der Waals surface area contributed by atoms with Crippen LogP contribution < -0.4 is 5.73 Å². The van der Waals surface area contributed by atoms with Gasteiger partial charge in [-0.05, 0) is 0 Å². The maximum Gasteiger partial charge on any atom is 0.229 e. The molecule has 1 amide bonds. The van der Waals surface area contributed by atoms with Gasteiger partial charge in [-0.25, -0.2) is 0 Å². The summed E-state index contributed by atoms with van der Waals surface area (Å²) in [5, 5.41) is 8.25. The van der Waals surface area contributed by atoms with Crippen LogP contribution in [0.15, 0.2) is 0 Å². The van der Waals surface area contributed by atoms with E-state index in [1.807, 2.05) is 0 Å². The van der Waals surface area contributed by atoms with Gasteiger partial charge in [-0.2, -0.15) is 5.26 Å². The Bertz CT molecular complexity index is 190. The van der Waals surface area contributed by atoms with Gasteiger partial charge in [-0.15, -0.1) is 0 Å². The van der Waals surface area contributed by atoms with Gasteiger partial charge in [0.25, 0.3) is 0 Å². The van der Waals surface area contributed by atoms with E-state index >= 15 is 0 Å². The van der Waals surface area contributed by atoms with Crippen molar-refractivity contribution in [2.45, 2.75) is 0 Å². The molecule has 0 spiro atoms. The molecule has 4 nitrogen and oxygen atoms in total. The van der Waals surface area contributed by atoms with Gasteiger partial charge in [-0.1, -0.05) is 0 Å². The first-order valence-corrected chi connectivity index (χ1v) is 2.83. The molecule has 0 aromatic rings. The molecule has 0 aromatic heterocycles. The molecular weight excluding hydrogens is 132 g/mol. The number of carbonyl (C=O) groups excluding carboxylic acids is 1. The molecule has 1 fully saturated rings. The Morgan fingerprint density at radius 1 is 1.80 bits per heavy atom. The summed E-state index contributed by atoms with van der Waals surface area (Å²) in [4.78, 5) is 10.7. The van der Waals surface area contributed by atoms with Crippen LogP contribution in [0.5, 0.6) is 0 Å². The minimum atomic E-state index is -0.797. The summed E-state index contributed by atoms with van der Waals surface area (Å²) in [6.45, 7) is 0.492. The lowest BCUT2D eigenvalue weighted by Crippen LogP contribution is -2.52. The zero-order valence-electron chi connectivity index (χ0n) is 5.33. The minimum Gasteiger partial charge on any atom is -0.379 e. The Morgan fingerprint density at radius 3 is 2.50 bits per heavy atom. The number of amides is 1. The summed E-state index contributed by atoms with van der Waals surface area (Å²) in [6.07, 6.45) is 1.23. The Labute approximate surface area is 58.6 Å². The summed E-state index contributed by atoms with van der Waals surface area (Å²) < 4.78 is 4.77. The maximum atomic E-state index is 10.7. The van der Waals surface area contributed by atoms with Crippen LogP contribution in [0.1, 0.15) is 0 Å². The fourth-order valence-electron chi connectivity index (χ4n) is 0.742. The average molecular weight is 139 g/mol. The fraction of sp³-hybridized carbons (Fsp3) is 0.500. The molecule has 1 aliphatic heterocycles. The highest BCUT2D eigenvalue weighted by Gasteiger charge is 2.44. The SMILES string of the molecule is N#C[CH]C1(C(N)=O)COC1. The Hall–Kier alpha value is -1.08. The number of rotatable bonds is 2. The van der Waals surface area contributed by atoms with Crippen molar-refractivity contribution in [3.8, 4) is 6.07 Å². The van der Waals surface area contributed by atoms with E-state index in [2.05, 4.69) is 0 Å². The standard InChI is InChI=1S/C6H7N2O2/c7-2-1-6(5(8)9)3-10-4-6/h1H,3-4H2,(H2,8,9). The first kappa shape index (κ1) is 7.03. The topological polar surface area (TPSA) is 76.1 Å². The van der Waals surface area contributed by atoms with Crippen LogP contribution in [0.4, 0.5) is 0 Å². The van der Waals surface area contributed by atoms with E-state index in [9.17, 15) is 4.79 Å². The van der Waals surface area contributed by atoms with Crippen LogP contribution in [0.3, 0.4) is 0 Å². The second kappa shape index (κ2) is 2.27. The molecule has 1 rings (SSSR count). The van der Waals surface area contributed by atoms with Crippen molar-refractivity contribution in [3.05, 3.63) is 6.42 Å². The van der Waals surface area contributed by atoms with Crippen molar-refractivity contribution in [2.24, 2.45) is 11.1 Å². The first-order valence-electron chi connectivity index (χ1n) is 2.83. The van der Waals surface area contributed by atoms with Crippen LogP contribution >= 0.6 is 0 Å². The molecule has 0 aliphatic carbocycles. The highest BCUT2D eigenvalue weighted by atomic mass is 16.5. The normalized spacial score (nSPS) is 20.7. The van der Waals surface area contributed by atoms with Gasteiger partial charge in [0.05, 0.1) is 25.7 Å². The molecule has 4 heteroatoms. The molecule has 1 aliphatic rings. The molecular formula is C6H7N2O2. The summed E-state index contributed by atoms with van der Waals surface area (Å²) in [5.41, 5.74) is 4.22. The van der Waals surface area contributed by atoms with Gasteiger partial charge < -0.3 is 10.5 Å². The fourth-order valence-corrected chi connectivity index (χ4v) is 0.742. The van der Waals surface area contributed by atoms with E-state index in [1.54, 1.807) is 6.07 Å². The van der Waals surface area contributed by atoms with Crippen molar-refractivity contribution in [3.63, 3.8) is 0 Å². The van der Waals surface area contributed by atoms with E-state index in [-0.39, 0.29) is 13.2 Å². The average Bonchev–Trinajstić information content (AvgIpc) is 1.77. The number of hydrogen-bond acceptors (Lipinski definition) is 3. The van der Waals surface area contributed by atoms with E-state index < -0.39 is 11.3 Å². The number of nitrogens with two attached hydrogens (primary N) is 1. The number of carbonyl (C=O) groups is 1. The van der Waals surface area contributed by atoms with E-state index in [0.717, 1.165) is 0 Å². The number of nitrogens with zero attached hydrogens (tertiary/aromatic N) is 1. The summed E-state index contributed by atoms with van der Waals surface area (Å²) in [7, 11) is 0. The number of nitriles is 1. The van der Waals surface area contributed by atoms with Crippen LogP contribution in [0.2, 0.25) is 0 Å². The molecule has 2 N–H and O–H groups in total. The van der Waals surface area contributed by atoms with Crippen molar-refractivity contribution in [1.29, 1.82) is 5.26 Å². The largest absolute Gasteiger partial charge is 0.379 e. The van der Waals surface area contributed by atoms with Crippen LogP contribution in [-0.2, 0) is 9.53 Å². The monoisotopic (exact) mass is 139 g/mol. The van der Waals surface area contributed by atoms with E-state index in [1.165, 1.54) is 6.42 Å². The molecule has 0 saturated carbocycles. The molecule has 53 valence electrons. The van der Waals surface area contributed by atoms with Gasteiger partial charge in [-0.3, -0.25) is 4.79 Å². The zero-order chi connectivity index (χ0) is 7.61. The van der Waals surface area contributed by atoms with Crippen molar-refractivity contribution in [1.82, 2.24) is 0 Å². The predicted molar refractivity (Wildman–Crippen MR) is 32.4 cm³/mol. The molecule has 0 unspecified atom stereocenters. The van der Waals surface area contributed by atoms with E-state index in [0.29, 0.717) is 0 Å². The highest BCUT2D eigenvalue weighted by Crippen LogP contribution is 2.29. The second-order valence-electron chi connectivity index (χ2n) is 2.29. The second-order valence-corrected chi connectivity index (χ2v) is 2.29. The zero-order valence-corrected chi connectivity index (χ0v) is 5.33. The third-order valence-electron chi connectivity index (χ3n) is 1.55. The molecule has 0 bridgehead atoms. The van der Waals surface area contributed by atoms with Crippen molar-refractivity contribution in [2.75, 3.05) is 13.2 Å². The van der Waals surface area contributed by atoms with Crippen LogP contribution in [0.25, 0.3) is 0 Å². The Kier molecular flexibility index (Phi) is 1.60.